The molecule has 3 aromatic rings. The summed E-state index contributed by atoms with van der Waals surface area (Å²) in [5, 5.41) is 3.88. The molecular weight excluding hydrogens is 621 g/mol. The molecule has 0 saturated heterocycles. The fourth-order valence-corrected chi connectivity index (χ4v) is 7.21. The molecule has 1 fully saturated rings. The van der Waals surface area contributed by atoms with Crippen molar-refractivity contribution in [1.82, 2.24) is 10.2 Å². The zero-order chi connectivity index (χ0) is 31.9. The van der Waals surface area contributed by atoms with Crippen LogP contribution in [0.5, 0.6) is 5.75 Å². The molecule has 2 amide bonds. The number of nitrogens with one attached hydrogen (secondary N) is 1. The van der Waals surface area contributed by atoms with Gasteiger partial charge in [-0.05, 0) is 74.2 Å². The number of carbonyl (C=O) groups excluding carboxylic acids is 2. The quantitative estimate of drug-likeness (QED) is 0.232. The molecule has 1 N–H and O–H groups in total. The van der Waals surface area contributed by atoms with Crippen LogP contribution < -0.4 is 14.4 Å². The number of benzene rings is 3. The number of rotatable bonds is 12. The Morgan fingerprint density at radius 3 is 2.23 bits per heavy atom. The lowest BCUT2D eigenvalue weighted by Crippen LogP contribution is -2.54. The molecule has 0 aromatic heterocycles. The SMILES string of the molecule is CC[C@@H](C(=O)NC1CCCCC1)N(Cc1ccc(Cl)cc1)C(=O)CN(c1ccc(OC)c(Cl)c1)S(=O)(=O)c1ccc(C)cc1. The van der Waals surface area contributed by atoms with Gasteiger partial charge < -0.3 is 15.0 Å². The van der Waals surface area contributed by atoms with Crippen LogP contribution in [0.1, 0.15) is 56.6 Å². The predicted octanol–water partition coefficient (Wildman–Crippen LogP) is 6.76. The standard InChI is InChI=1S/C33H39Cl2N3O5S/c1-4-30(33(40)36-26-8-6-5-7-9-26)37(21-24-12-14-25(34)15-13-24)32(39)22-38(27-16-19-31(43-3)29(35)20-27)44(41,42)28-17-10-23(2)11-18-28/h10-20,26,30H,4-9,21-22H2,1-3H3,(H,36,40)/t30-/m0/s1. The fourth-order valence-electron chi connectivity index (χ4n) is 5.43. The largest absolute Gasteiger partial charge is 0.495 e. The molecule has 1 aliphatic carbocycles. The van der Waals surface area contributed by atoms with Crippen molar-refractivity contribution in [3.05, 3.63) is 87.9 Å². The summed E-state index contributed by atoms with van der Waals surface area (Å²) in [5.41, 5.74) is 1.84. The second kappa shape index (κ2) is 15.1. The van der Waals surface area contributed by atoms with E-state index in [0.717, 1.165) is 47.5 Å². The normalized spacial score (nSPS) is 14.5. The summed E-state index contributed by atoms with van der Waals surface area (Å²) in [6, 6.07) is 17.2. The highest BCUT2D eigenvalue weighted by Crippen LogP contribution is 2.32. The minimum absolute atomic E-state index is 0.0224. The summed E-state index contributed by atoms with van der Waals surface area (Å²) in [7, 11) is -2.76. The van der Waals surface area contributed by atoms with Crippen molar-refractivity contribution in [2.75, 3.05) is 18.0 Å². The van der Waals surface area contributed by atoms with Crippen molar-refractivity contribution in [3.8, 4) is 5.75 Å². The smallest absolute Gasteiger partial charge is 0.264 e. The summed E-state index contributed by atoms with van der Waals surface area (Å²) >= 11 is 12.5. The monoisotopic (exact) mass is 659 g/mol. The number of halogens is 2. The first-order valence-electron chi connectivity index (χ1n) is 14.8. The van der Waals surface area contributed by atoms with Crippen molar-refractivity contribution in [1.29, 1.82) is 0 Å². The van der Waals surface area contributed by atoms with Crippen molar-refractivity contribution in [2.24, 2.45) is 0 Å². The third-order valence-corrected chi connectivity index (χ3v) is 10.3. The number of anilines is 1. The van der Waals surface area contributed by atoms with Gasteiger partial charge in [-0.15, -0.1) is 0 Å². The van der Waals surface area contributed by atoms with Gasteiger partial charge >= 0.3 is 0 Å². The van der Waals surface area contributed by atoms with Gasteiger partial charge in [0.2, 0.25) is 11.8 Å². The van der Waals surface area contributed by atoms with Crippen LogP contribution in [0.3, 0.4) is 0 Å². The number of methoxy groups -OCH3 is 1. The first kappa shape index (κ1) is 33.6. The zero-order valence-electron chi connectivity index (χ0n) is 25.3. The molecule has 236 valence electrons. The highest BCUT2D eigenvalue weighted by Gasteiger charge is 2.34. The molecule has 0 unspecified atom stereocenters. The molecule has 4 rings (SSSR count). The Morgan fingerprint density at radius 2 is 1.64 bits per heavy atom. The number of hydrogen-bond acceptors (Lipinski definition) is 5. The van der Waals surface area contributed by atoms with Crippen molar-refractivity contribution in [3.63, 3.8) is 0 Å². The maximum atomic E-state index is 14.3. The van der Waals surface area contributed by atoms with E-state index in [9.17, 15) is 18.0 Å². The second-order valence-electron chi connectivity index (χ2n) is 11.1. The van der Waals surface area contributed by atoms with Crippen LogP contribution in [-0.2, 0) is 26.2 Å². The van der Waals surface area contributed by atoms with Crippen molar-refractivity contribution < 1.29 is 22.7 Å². The molecule has 0 bridgehead atoms. The molecule has 0 heterocycles. The lowest BCUT2D eigenvalue weighted by atomic mass is 9.95. The van der Waals surface area contributed by atoms with E-state index in [4.69, 9.17) is 27.9 Å². The molecule has 11 heteroatoms. The van der Waals surface area contributed by atoms with Gasteiger partial charge in [0.1, 0.15) is 18.3 Å². The van der Waals surface area contributed by atoms with Crippen LogP contribution in [-0.4, -0.2) is 50.9 Å². The van der Waals surface area contributed by atoms with Crippen LogP contribution in [0.4, 0.5) is 5.69 Å². The molecule has 8 nitrogen and oxygen atoms in total. The summed E-state index contributed by atoms with van der Waals surface area (Å²) in [5.74, 6) is -0.417. The number of nitrogens with zero attached hydrogens (tertiary/aromatic N) is 2. The van der Waals surface area contributed by atoms with E-state index >= 15 is 0 Å². The molecule has 1 atom stereocenters. The molecule has 1 saturated carbocycles. The van der Waals surface area contributed by atoms with Gasteiger partial charge in [-0.1, -0.05) is 79.2 Å². The van der Waals surface area contributed by atoms with E-state index < -0.39 is 28.5 Å². The number of ether oxygens (including phenoxy) is 1. The Hall–Kier alpha value is -3.27. The molecule has 0 radical (unpaired) electrons. The van der Waals surface area contributed by atoms with Gasteiger partial charge in [-0.2, -0.15) is 0 Å². The predicted molar refractivity (Wildman–Crippen MR) is 175 cm³/mol. The van der Waals surface area contributed by atoms with Crippen LogP contribution in [0.2, 0.25) is 10.0 Å². The first-order valence-corrected chi connectivity index (χ1v) is 17.0. The summed E-state index contributed by atoms with van der Waals surface area (Å²) in [6.07, 6.45) is 5.38. The lowest BCUT2D eigenvalue weighted by molar-refractivity contribution is -0.140. The third kappa shape index (κ3) is 8.25. The van der Waals surface area contributed by atoms with Crippen LogP contribution in [0.15, 0.2) is 71.6 Å². The Kier molecular flexibility index (Phi) is 11.6. The maximum Gasteiger partial charge on any atom is 0.264 e. The van der Waals surface area contributed by atoms with E-state index in [2.05, 4.69) is 5.32 Å². The third-order valence-electron chi connectivity index (χ3n) is 7.91. The molecule has 1 aliphatic rings. The van der Waals surface area contributed by atoms with E-state index in [1.807, 2.05) is 13.8 Å². The second-order valence-corrected chi connectivity index (χ2v) is 13.8. The van der Waals surface area contributed by atoms with Gasteiger partial charge in [-0.25, -0.2) is 8.42 Å². The average Bonchev–Trinajstić information content (AvgIpc) is 3.01. The average molecular weight is 661 g/mol. The topological polar surface area (TPSA) is 96.0 Å². The number of aryl methyl sites for hydroxylation is 1. The van der Waals surface area contributed by atoms with Gasteiger partial charge in [0, 0.05) is 17.6 Å². The molecule has 0 aliphatic heterocycles. The highest BCUT2D eigenvalue weighted by atomic mass is 35.5. The molecule has 3 aromatic carbocycles. The number of carbonyl (C=O) groups is 2. The molecule has 0 spiro atoms. The van der Waals surface area contributed by atoms with E-state index in [1.54, 1.807) is 48.5 Å². The van der Waals surface area contributed by atoms with Crippen LogP contribution in [0, 0.1) is 6.92 Å². The summed E-state index contributed by atoms with van der Waals surface area (Å²) < 4.78 is 34.5. The van der Waals surface area contributed by atoms with Gasteiger partial charge in [0.15, 0.2) is 0 Å². The van der Waals surface area contributed by atoms with E-state index in [0.29, 0.717) is 17.2 Å². The van der Waals surface area contributed by atoms with Gasteiger partial charge in [-0.3, -0.25) is 13.9 Å². The maximum absolute atomic E-state index is 14.3. The van der Waals surface area contributed by atoms with Crippen molar-refractivity contribution >= 4 is 50.7 Å². The zero-order valence-corrected chi connectivity index (χ0v) is 27.6. The highest BCUT2D eigenvalue weighted by molar-refractivity contribution is 7.92. The Balaban J connectivity index is 1.73. The lowest BCUT2D eigenvalue weighted by Gasteiger charge is -2.34. The van der Waals surface area contributed by atoms with Gasteiger partial charge in [0.25, 0.3) is 10.0 Å². The Labute approximate surface area is 270 Å². The molecular formula is C33H39Cl2N3O5S. The van der Waals surface area contributed by atoms with Gasteiger partial charge in [0.05, 0.1) is 22.7 Å². The van der Waals surface area contributed by atoms with E-state index in [1.165, 1.54) is 30.2 Å². The van der Waals surface area contributed by atoms with Crippen molar-refractivity contribution in [2.45, 2.75) is 75.9 Å². The minimum atomic E-state index is -4.22. The fraction of sp³-hybridized carbons (Fsp3) is 0.394. The number of hydrogen-bond donors (Lipinski definition) is 1. The summed E-state index contributed by atoms with van der Waals surface area (Å²) in [4.78, 5) is 29.4. The number of amides is 2. The van der Waals surface area contributed by atoms with E-state index in [-0.39, 0.29) is 34.1 Å². The minimum Gasteiger partial charge on any atom is -0.495 e. The molecule has 44 heavy (non-hydrogen) atoms. The number of sulfonamides is 1. The Bertz CT molecular complexity index is 1540. The Morgan fingerprint density at radius 1 is 0.977 bits per heavy atom. The summed E-state index contributed by atoms with van der Waals surface area (Å²) in [6.45, 7) is 3.24. The van der Waals surface area contributed by atoms with Crippen LogP contribution in [0.25, 0.3) is 0 Å². The van der Waals surface area contributed by atoms with Crippen LogP contribution >= 0.6 is 23.2 Å². The first-order chi connectivity index (χ1) is 21.0.